The molecule has 0 fully saturated rings. The first kappa shape index (κ1) is 22.6. The molecule has 130 valence electrons. The molecule has 0 unspecified atom stereocenters. The van der Waals surface area contributed by atoms with Crippen LogP contribution in [-0.2, 0) is 9.47 Å². The van der Waals surface area contributed by atoms with Crippen LogP contribution in [0.25, 0.3) is 0 Å². The molecule has 0 saturated carbocycles. The number of hydrogen-bond donors (Lipinski definition) is 0. The molecule has 0 aliphatic carbocycles. The maximum Gasteiger partial charge on any atom is 0.416 e. The van der Waals surface area contributed by atoms with Crippen molar-refractivity contribution in [2.75, 3.05) is 6.61 Å². The predicted molar refractivity (Wildman–Crippen MR) is 59.2 cm³/mol. The molecule has 10 heteroatoms. The summed E-state index contributed by atoms with van der Waals surface area (Å²) in [5.74, 6) is -4.88. The largest absolute Gasteiger partial charge is 0.416 e. The van der Waals surface area contributed by atoms with Crippen LogP contribution in [0.5, 0.6) is 0 Å². The van der Waals surface area contributed by atoms with Crippen molar-refractivity contribution in [2.24, 2.45) is 0 Å². The lowest BCUT2D eigenvalue weighted by molar-refractivity contribution is -0.325. The molecule has 0 radical (unpaired) electrons. The van der Waals surface area contributed by atoms with Crippen LogP contribution in [0.15, 0.2) is 0 Å². The standard InChI is InChI=1S/C6H14O.C5H4F8O/c1-5(2)7-6(3)4;6-2(7)4(10,11)1-14-5(12,13)3(8)9/h5-6H,1-4H3;2-3H,1H2. The Hall–Kier alpha value is -0.640. The van der Waals surface area contributed by atoms with Gasteiger partial charge in [0.05, 0.1) is 12.2 Å². The van der Waals surface area contributed by atoms with Gasteiger partial charge in [-0.3, -0.25) is 0 Å². The lowest BCUT2D eigenvalue weighted by Crippen LogP contribution is -2.39. The Bertz CT molecular complexity index is 243. The van der Waals surface area contributed by atoms with E-state index in [1.807, 2.05) is 27.7 Å². The summed E-state index contributed by atoms with van der Waals surface area (Å²) in [5.41, 5.74) is 0. The molecule has 0 aromatic rings. The second kappa shape index (κ2) is 9.39. The normalized spacial score (nSPS) is 13.1. The fourth-order valence-corrected chi connectivity index (χ4v) is 0.863. The Morgan fingerprint density at radius 2 is 1.14 bits per heavy atom. The van der Waals surface area contributed by atoms with Crippen LogP contribution in [0.3, 0.4) is 0 Å². The van der Waals surface area contributed by atoms with Crippen molar-refractivity contribution >= 4 is 0 Å². The summed E-state index contributed by atoms with van der Waals surface area (Å²) in [6.45, 7) is 5.70. The second-order valence-corrected chi connectivity index (χ2v) is 4.45. The molecule has 2 nitrogen and oxygen atoms in total. The maximum absolute atomic E-state index is 11.9. The molecule has 0 N–H and O–H groups in total. The smallest absolute Gasteiger partial charge is 0.376 e. The monoisotopic (exact) mass is 334 g/mol. The highest BCUT2D eigenvalue weighted by Gasteiger charge is 2.48. The molecule has 0 amide bonds. The number of halogens is 8. The molecule has 0 atom stereocenters. The summed E-state index contributed by atoms with van der Waals surface area (Å²) in [6, 6.07) is 0. The predicted octanol–water partition coefficient (Wildman–Crippen LogP) is 4.58. The van der Waals surface area contributed by atoms with Crippen LogP contribution in [0, 0.1) is 0 Å². The van der Waals surface area contributed by atoms with Gasteiger partial charge in [-0.05, 0) is 27.7 Å². The van der Waals surface area contributed by atoms with Gasteiger partial charge in [0.15, 0.2) is 0 Å². The minimum absolute atomic E-state index is 0.375. The van der Waals surface area contributed by atoms with E-state index in [2.05, 4.69) is 4.74 Å². The molecule has 0 rings (SSSR count). The molecular weight excluding hydrogens is 316 g/mol. The van der Waals surface area contributed by atoms with Gasteiger partial charge < -0.3 is 9.47 Å². The molecule has 21 heavy (non-hydrogen) atoms. The lowest BCUT2D eigenvalue weighted by atomic mass is 10.4. The van der Waals surface area contributed by atoms with Crippen molar-refractivity contribution < 1.29 is 44.6 Å². The average Bonchev–Trinajstić information content (AvgIpc) is 2.25. The summed E-state index contributed by atoms with van der Waals surface area (Å²) < 4.78 is 101. The SMILES string of the molecule is CC(C)OC(C)C.FC(F)C(F)(F)COC(F)(F)C(F)F. The Morgan fingerprint density at radius 1 is 0.762 bits per heavy atom. The highest BCUT2D eigenvalue weighted by Crippen LogP contribution is 2.29. The highest BCUT2D eigenvalue weighted by molar-refractivity contribution is 4.69. The zero-order valence-corrected chi connectivity index (χ0v) is 11.9. The summed E-state index contributed by atoms with van der Waals surface area (Å²) in [7, 11) is 0. The van der Waals surface area contributed by atoms with Gasteiger partial charge in [-0.2, -0.15) is 17.6 Å². The molecule has 0 aromatic carbocycles. The number of rotatable bonds is 7. The summed E-state index contributed by atoms with van der Waals surface area (Å²) in [6.07, 6.45) is -13.0. The van der Waals surface area contributed by atoms with Crippen molar-refractivity contribution in [1.82, 2.24) is 0 Å². The van der Waals surface area contributed by atoms with E-state index in [9.17, 15) is 35.1 Å². The van der Waals surface area contributed by atoms with E-state index in [0.29, 0.717) is 12.2 Å². The molecule has 0 aliphatic rings. The van der Waals surface area contributed by atoms with Gasteiger partial charge in [0.25, 0.3) is 0 Å². The van der Waals surface area contributed by atoms with E-state index in [0.717, 1.165) is 0 Å². The number of hydrogen-bond acceptors (Lipinski definition) is 2. The first-order valence-corrected chi connectivity index (χ1v) is 5.83. The van der Waals surface area contributed by atoms with Gasteiger partial charge >= 0.3 is 24.9 Å². The molecule has 0 heterocycles. The highest BCUT2D eigenvalue weighted by atomic mass is 19.3. The summed E-state index contributed by atoms with van der Waals surface area (Å²) in [4.78, 5) is 0. The van der Waals surface area contributed by atoms with E-state index in [-0.39, 0.29) is 0 Å². The van der Waals surface area contributed by atoms with Crippen molar-refractivity contribution in [3.8, 4) is 0 Å². The molecule has 0 aliphatic heterocycles. The van der Waals surface area contributed by atoms with E-state index < -0.39 is 31.5 Å². The Morgan fingerprint density at radius 3 is 1.33 bits per heavy atom. The Balaban J connectivity index is 0. The minimum atomic E-state index is -5.15. The Labute approximate surface area is 117 Å². The van der Waals surface area contributed by atoms with Crippen LogP contribution in [-0.4, -0.2) is 43.7 Å². The summed E-state index contributed by atoms with van der Waals surface area (Å²) >= 11 is 0. The third kappa shape index (κ3) is 11.7. The van der Waals surface area contributed by atoms with E-state index in [1.54, 1.807) is 0 Å². The zero-order chi connectivity index (χ0) is 17.4. The van der Waals surface area contributed by atoms with Gasteiger partial charge in [-0.15, -0.1) is 0 Å². The lowest BCUT2D eigenvalue weighted by Gasteiger charge is -2.20. The van der Waals surface area contributed by atoms with Crippen LogP contribution in [0.2, 0.25) is 0 Å². The topological polar surface area (TPSA) is 18.5 Å². The van der Waals surface area contributed by atoms with Crippen molar-refractivity contribution in [3.05, 3.63) is 0 Å². The zero-order valence-electron chi connectivity index (χ0n) is 11.9. The van der Waals surface area contributed by atoms with E-state index in [4.69, 9.17) is 4.74 Å². The van der Waals surface area contributed by atoms with E-state index >= 15 is 0 Å². The third-order valence-electron chi connectivity index (χ3n) is 1.57. The first-order chi connectivity index (χ1) is 9.22. The molecule has 0 aromatic heterocycles. The van der Waals surface area contributed by atoms with Gasteiger partial charge in [-0.1, -0.05) is 0 Å². The van der Waals surface area contributed by atoms with E-state index in [1.165, 1.54) is 0 Å². The van der Waals surface area contributed by atoms with Crippen molar-refractivity contribution in [2.45, 2.75) is 64.8 Å². The van der Waals surface area contributed by atoms with Gasteiger partial charge in [0.1, 0.15) is 6.61 Å². The maximum atomic E-state index is 11.9. The van der Waals surface area contributed by atoms with Crippen molar-refractivity contribution in [3.63, 3.8) is 0 Å². The number of alkyl halides is 8. The minimum Gasteiger partial charge on any atom is -0.376 e. The molecule has 0 saturated heterocycles. The third-order valence-corrected chi connectivity index (χ3v) is 1.57. The summed E-state index contributed by atoms with van der Waals surface area (Å²) in [5, 5.41) is 0. The van der Waals surface area contributed by atoms with Crippen molar-refractivity contribution in [1.29, 1.82) is 0 Å². The molecular formula is C11H18F8O2. The van der Waals surface area contributed by atoms with Gasteiger partial charge in [0.2, 0.25) is 0 Å². The van der Waals surface area contributed by atoms with Gasteiger partial charge in [0, 0.05) is 0 Å². The quantitative estimate of drug-likeness (QED) is 0.635. The van der Waals surface area contributed by atoms with Crippen LogP contribution in [0.4, 0.5) is 35.1 Å². The number of ether oxygens (including phenoxy) is 2. The molecule has 0 spiro atoms. The second-order valence-electron chi connectivity index (χ2n) is 4.45. The van der Waals surface area contributed by atoms with Gasteiger partial charge in [-0.25, -0.2) is 17.6 Å². The Kier molecular flexibility index (Phi) is 10.1. The molecule has 0 bridgehead atoms. The van der Waals surface area contributed by atoms with Crippen LogP contribution < -0.4 is 0 Å². The van der Waals surface area contributed by atoms with Crippen LogP contribution in [0.1, 0.15) is 27.7 Å². The first-order valence-electron chi connectivity index (χ1n) is 5.83. The fraction of sp³-hybridized carbons (Fsp3) is 1.00. The fourth-order valence-electron chi connectivity index (χ4n) is 0.863. The van der Waals surface area contributed by atoms with Crippen LogP contribution >= 0.6 is 0 Å². The average molecular weight is 334 g/mol.